The van der Waals surface area contributed by atoms with Gasteiger partial charge in [0.05, 0.1) is 29.3 Å². The van der Waals surface area contributed by atoms with Crippen LogP contribution in [0.4, 0.5) is 13.2 Å². The van der Waals surface area contributed by atoms with Gasteiger partial charge in [-0.05, 0) is 69.6 Å². The van der Waals surface area contributed by atoms with Gasteiger partial charge in [-0.3, -0.25) is 14.5 Å². The molecule has 2 aromatic rings. The predicted octanol–water partition coefficient (Wildman–Crippen LogP) is 5.20. The van der Waals surface area contributed by atoms with E-state index in [1.54, 1.807) is 0 Å². The van der Waals surface area contributed by atoms with Gasteiger partial charge in [0.15, 0.2) is 0 Å². The van der Waals surface area contributed by atoms with Crippen molar-refractivity contribution in [2.75, 3.05) is 13.1 Å². The lowest BCUT2D eigenvalue weighted by atomic mass is 9.72. The van der Waals surface area contributed by atoms with Crippen LogP contribution >= 0.6 is 0 Å². The number of alkyl halides is 3. The van der Waals surface area contributed by atoms with E-state index >= 15 is 0 Å². The topological polar surface area (TPSA) is 81.7 Å². The number of carbonyl (C=O) groups excluding carboxylic acids is 2. The van der Waals surface area contributed by atoms with Gasteiger partial charge in [0, 0.05) is 18.6 Å². The number of piperidine rings is 1. The van der Waals surface area contributed by atoms with E-state index in [4.69, 9.17) is 0 Å². The Kier molecular flexibility index (Phi) is 9.80. The molecule has 1 saturated heterocycles. The Bertz CT molecular complexity index is 1180. The van der Waals surface area contributed by atoms with Crippen LogP contribution in [0, 0.1) is 11.8 Å². The number of carbonyl (C=O) groups is 2. The molecule has 224 valence electrons. The van der Waals surface area contributed by atoms with Gasteiger partial charge in [0.1, 0.15) is 0 Å². The molecule has 0 unspecified atom stereocenters. The van der Waals surface area contributed by atoms with Crippen molar-refractivity contribution >= 4 is 11.8 Å². The fraction of sp³-hybridized carbons (Fsp3) is 0.562. The largest absolute Gasteiger partial charge is 0.417 e. The summed E-state index contributed by atoms with van der Waals surface area (Å²) in [7, 11) is 0. The van der Waals surface area contributed by atoms with E-state index < -0.39 is 46.9 Å². The van der Waals surface area contributed by atoms with Gasteiger partial charge in [0.25, 0.3) is 5.91 Å². The van der Waals surface area contributed by atoms with E-state index in [9.17, 15) is 27.9 Å². The molecule has 41 heavy (non-hydrogen) atoms. The normalized spacial score (nSPS) is 23.2. The lowest BCUT2D eigenvalue weighted by Crippen LogP contribution is -2.60. The summed E-state index contributed by atoms with van der Waals surface area (Å²) < 4.78 is 41.0. The zero-order chi connectivity index (χ0) is 29.8. The second-order valence-electron chi connectivity index (χ2n) is 12.6. The highest BCUT2D eigenvalue weighted by Gasteiger charge is 2.42. The summed E-state index contributed by atoms with van der Waals surface area (Å²) >= 11 is 0. The van der Waals surface area contributed by atoms with E-state index in [0.717, 1.165) is 43.4 Å². The van der Waals surface area contributed by atoms with E-state index in [0.29, 0.717) is 24.8 Å². The molecule has 2 aromatic carbocycles. The lowest BCUT2D eigenvalue weighted by molar-refractivity contribution is -0.138. The first-order valence-electron chi connectivity index (χ1n) is 14.6. The quantitative estimate of drug-likeness (QED) is 0.406. The first kappa shape index (κ1) is 31.0. The highest BCUT2D eigenvalue weighted by Crippen LogP contribution is 2.39. The van der Waals surface area contributed by atoms with Crippen molar-refractivity contribution in [2.24, 2.45) is 11.8 Å². The lowest BCUT2D eigenvalue weighted by Gasteiger charge is -2.47. The minimum absolute atomic E-state index is 0.0866. The number of nitrogens with one attached hydrogen (secondary N) is 2. The fourth-order valence-electron chi connectivity index (χ4n) is 6.32. The van der Waals surface area contributed by atoms with Crippen molar-refractivity contribution < 1.29 is 27.9 Å². The standard InChI is InChI=1S/C32H42F3N3O3/c1-31(2,3)37-30(41)27-18-22-13-7-8-14-23(22)19-38(27)20-28(39)26(17-21-11-5-4-6-12-21)36-29(40)24-15-9-10-16-25(24)32(33,34)35/h4-6,9-12,15-16,22-23,26-28,39H,7-8,13-14,17-20H2,1-3H3,(H,36,40)(H,37,41)/t22-,23+,26-,27-,28-/m0/s1. The molecule has 4 rings (SSSR count). The Labute approximate surface area is 240 Å². The number of benzene rings is 2. The Morgan fingerprint density at radius 1 is 0.976 bits per heavy atom. The molecular formula is C32H42F3N3O3. The molecule has 0 radical (unpaired) electrons. The minimum atomic E-state index is -4.69. The summed E-state index contributed by atoms with van der Waals surface area (Å²) in [5.41, 5.74) is -1.10. The fourth-order valence-corrected chi connectivity index (χ4v) is 6.32. The van der Waals surface area contributed by atoms with Gasteiger partial charge in [-0.1, -0.05) is 61.7 Å². The molecule has 2 fully saturated rings. The number of fused-ring (bicyclic) bond motifs is 1. The minimum Gasteiger partial charge on any atom is -0.390 e. The summed E-state index contributed by atoms with van der Waals surface area (Å²) in [4.78, 5) is 28.7. The highest BCUT2D eigenvalue weighted by atomic mass is 19.4. The predicted molar refractivity (Wildman–Crippen MR) is 152 cm³/mol. The molecule has 0 spiro atoms. The van der Waals surface area contributed by atoms with Gasteiger partial charge >= 0.3 is 6.18 Å². The molecule has 2 amide bonds. The monoisotopic (exact) mass is 573 g/mol. The highest BCUT2D eigenvalue weighted by molar-refractivity contribution is 5.96. The summed E-state index contributed by atoms with van der Waals surface area (Å²) in [5.74, 6) is -0.107. The van der Waals surface area contributed by atoms with Crippen LogP contribution in [0.15, 0.2) is 54.6 Å². The molecule has 2 aliphatic rings. The van der Waals surface area contributed by atoms with Crippen LogP contribution in [0.3, 0.4) is 0 Å². The first-order chi connectivity index (χ1) is 19.3. The van der Waals surface area contributed by atoms with Gasteiger partial charge < -0.3 is 15.7 Å². The molecule has 6 nitrogen and oxygen atoms in total. The van der Waals surface area contributed by atoms with Crippen molar-refractivity contribution in [3.8, 4) is 0 Å². The molecule has 9 heteroatoms. The third-order valence-corrected chi connectivity index (χ3v) is 8.28. The molecule has 0 aromatic heterocycles. The second kappa shape index (κ2) is 12.9. The number of hydrogen-bond donors (Lipinski definition) is 3. The van der Waals surface area contributed by atoms with Gasteiger partial charge in [-0.15, -0.1) is 0 Å². The van der Waals surface area contributed by atoms with Crippen LogP contribution in [0.1, 0.15) is 74.4 Å². The number of nitrogens with zero attached hydrogens (tertiary/aromatic N) is 1. The van der Waals surface area contributed by atoms with E-state index in [-0.39, 0.29) is 18.9 Å². The van der Waals surface area contributed by atoms with Gasteiger partial charge in [-0.25, -0.2) is 0 Å². The third kappa shape index (κ3) is 8.32. The second-order valence-corrected chi connectivity index (χ2v) is 12.6. The first-order valence-corrected chi connectivity index (χ1v) is 14.6. The zero-order valence-corrected chi connectivity index (χ0v) is 24.1. The number of rotatable bonds is 8. The maximum Gasteiger partial charge on any atom is 0.417 e. The Hall–Kier alpha value is -2.91. The number of likely N-dealkylation sites (tertiary alicyclic amines) is 1. The SMILES string of the molecule is CC(C)(C)NC(=O)[C@@H]1C[C@@H]2CCCC[C@@H]2CN1C[C@H](O)[C@H](Cc1ccccc1)NC(=O)c1ccccc1C(F)(F)F. The Morgan fingerprint density at radius 3 is 2.27 bits per heavy atom. The van der Waals surface area contributed by atoms with Gasteiger partial charge in [0.2, 0.25) is 5.91 Å². The van der Waals surface area contributed by atoms with Crippen LogP contribution in [0.5, 0.6) is 0 Å². The van der Waals surface area contributed by atoms with Crippen molar-refractivity contribution in [3.05, 3.63) is 71.3 Å². The molecule has 1 aliphatic heterocycles. The summed E-state index contributed by atoms with van der Waals surface area (Å²) in [5, 5.41) is 17.4. The number of halogens is 3. The van der Waals surface area contributed by atoms with Crippen LogP contribution in [0.25, 0.3) is 0 Å². The number of hydrogen-bond acceptors (Lipinski definition) is 4. The van der Waals surface area contributed by atoms with Gasteiger partial charge in [-0.2, -0.15) is 13.2 Å². The van der Waals surface area contributed by atoms with E-state index in [2.05, 4.69) is 10.6 Å². The number of β-amino-alcohol motifs (C(OH)–C–C–N with tert-alkyl or cyclic N) is 1. The Morgan fingerprint density at radius 2 is 1.61 bits per heavy atom. The molecular weight excluding hydrogens is 531 g/mol. The summed E-state index contributed by atoms with van der Waals surface area (Å²) in [6.07, 6.45) is -0.436. The smallest absolute Gasteiger partial charge is 0.390 e. The van der Waals surface area contributed by atoms with Crippen LogP contribution in [0.2, 0.25) is 0 Å². The van der Waals surface area contributed by atoms with E-state index in [1.165, 1.54) is 12.1 Å². The average Bonchev–Trinajstić information content (AvgIpc) is 2.91. The molecule has 1 aliphatic carbocycles. The molecule has 3 N–H and O–H groups in total. The molecule has 1 saturated carbocycles. The maximum absolute atomic E-state index is 13.7. The van der Waals surface area contributed by atoms with Crippen molar-refractivity contribution in [2.45, 2.75) is 89.2 Å². The van der Waals surface area contributed by atoms with E-state index in [1.807, 2.05) is 56.0 Å². The van der Waals surface area contributed by atoms with Crippen molar-refractivity contribution in [3.63, 3.8) is 0 Å². The van der Waals surface area contributed by atoms with Crippen LogP contribution in [-0.4, -0.2) is 58.6 Å². The Balaban J connectivity index is 1.58. The molecule has 0 bridgehead atoms. The number of aliphatic hydroxyl groups is 1. The third-order valence-electron chi connectivity index (χ3n) is 8.28. The van der Waals surface area contributed by atoms with Crippen molar-refractivity contribution in [1.29, 1.82) is 0 Å². The van der Waals surface area contributed by atoms with Crippen LogP contribution in [-0.2, 0) is 17.4 Å². The maximum atomic E-state index is 13.7. The zero-order valence-electron chi connectivity index (χ0n) is 24.1. The summed E-state index contributed by atoms with van der Waals surface area (Å²) in [6, 6.07) is 12.6. The number of aliphatic hydroxyl groups excluding tert-OH is 1. The summed E-state index contributed by atoms with van der Waals surface area (Å²) in [6.45, 7) is 6.57. The van der Waals surface area contributed by atoms with Crippen LogP contribution < -0.4 is 10.6 Å². The average molecular weight is 574 g/mol. The number of amides is 2. The van der Waals surface area contributed by atoms with Crippen molar-refractivity contribution in [1.82, 2.24) is 15.5 Å². The molecule has 1 heterocycles. The molecule has 5 atom stereocenters.